The fourth-order valence-corrected chi connectivity index (χ4v) is 9.22. The predicted octanol–water partition coefficient (Wildman–Crippen LogP) is 1.21. The van der Waals surface area contributed by atoms with E-state index in [9.17, 15) is 0 Å². The van der Waals surface area contributed by atoms with Crippen molar-refractivity contribution in [2.75, 3.05) is 21.3 Å². The monoisotopic (exact) mass is 440 g/mol. The zero-order chi connectivity index (χ0) is 9.84. The summed E-state index contributed by atoms with van der Waals surface area (Å²) in [7, 11) is 4.83. The van der Waals surface area contributed by atoms with Crippen LogP contribution in [0.5, 0.6) is 0 Å². The molecule has 2 unspecified atom stereocenters. The van der Waals surface area contributed by atoms with Crippen molar-refractivity contribution in [3.63, 3.8) is 0 Å². The molecule has 1 rings (SSSR count). The van der Waals surface area contributed by atoms with Gasteiger partial charge in [0.15, 0.2) is 0 Å². The summed E-state index contributed by atoms with van der Waals surface area (Å²) < 4.78 is 22.1. The number of ether oxygens (including phenoxy) is 4. The van der Waals surface area contributed by atoms with E-state index >= 15 is 0 Å². The summed E-state index contributed by atoms with van der Waals surface area (Å²) in [5.41, 5.74) is 0. The van der Waals surface area contributed by atoms with Crippen molar-refractivity contribution in [3.8, 4) is 0 Å². The Kier molecular flexibility index (Phi) is 5.18. The molecule has 6 heteroatoms. The van der Waals surface area contributed by atoms with Crippen molar-refractivity contribution in [2.45, 2.75) is 12.6 Å². The SMILES string of the molecule is COC1=[C]([Hg][Br])C(OC)OC1OC. The second-order valence-corrected chi connectivity index (χ2v) is 11.4. The molecule has 0 aromatic carbocycles. The van der Waals surface area contributed by atoms with Gasteiger partial charge in [-0.2, -0.15) is 0 Å². The molecule has 0 aliphatic carbocycles. The van der Waals surface area contributed by atoms with Crippen molar-refractivity contribution in [2.24, 2.45) is 0 Å². The molecule has 0 bridgehead atoms. The maximum atomic E-state index is 5.45. The summed E-state index contributed by atoms with van der Waals surface area (Å²) in [6.45, 7) is 0. The zero-order valence-electron chi connectivity index (χ0n) is 7.87. The van der Waals surface area contributed by atoms with Gasteiger partial charge in [0, 0.05) is 0 Å². The molecule has 0 N–H and O–H groups in total. The van der Waals surface area contributed by atoms with E-state index in [1.54, 1.807) is 21.3 Å². The molecular formula is C7H11BrHgO4. The molecule has 0 saturated carbocycles. The topological polar surface area (TPSA) is 36.9 Å². The van der Waals surface area contributed by atoms with Gasteiger partial charge in [0.25, 0.3) is 0 Å². The van der Waals surface area contributed by atoms with E-state index in [4.69, 9.17) is 18.9 Å². The van der Waals surface area contributed by atoms with Gasteiger partial charge >= 0.3 is 95.7 Å². The molecule has 13 heavy (non-hydrogen) atoms. The molecule has 0 aromatic rings. The number of hydrogen-bond donors (Lipinski definition) is 0. The van der Waals surface area contributed by atoms with Crippen LogP contribution in [0.2, 0.25) is 0 Å². The van der Waals surface area contributed by atoms with Gasteiger partial charge in [0.1, 0.15) is 0 Å². The first-order chi connectivity index (χ1) is 6.28. The van der Waals surface area contributed by atoms with Gasteiger partial charge < -0.3 is 0 Å². The molecule has 1 heterocycles. The molecule has 0 radical (unpaired) electrons. The van der Waals surface area contributed by atoms with E-state index in [0.29, 0.717) is 0 Å². The Balaban J connectivity index is 2.84. The van der Waals surface area contributed by atoms with Crippen LogP contribution < -0.4 is 0 Å². The number of rotatable bonds is 4. The Hall–Kier alpha value is 0.835. The molecule has 0 amide bonds. The Morgan fingerprint density at radius 3 is 2.23 bits per heavy atom. The third kappa shape index (κ3) is 2.44. The van der Waals surface area contributed by atoms with E-state index in [2.05, 4.69) is 11.9 Å². The van der Waals surface area contributed by atoms with Crippen molar-refractivity contribution in [1.29, 1.82) is 0 Å². The fraction of sp³-hybridized carbons (Fsp3) is 0.714. The molecule has 0 spiro atoms. The average Bonchev–Trinajstić information content (AvgIpc) is 2.54. The molecule has 1 aliphatic rings. The maximum absolute atomic E-state index is 5.45. The molecule has 2 atom stereocenters. The first-order valence-electron chi connectivity index (χ1n) is 3.82. The molecule has 72 valence electrons. The van der Waals surface area contributed by atoms with E-state index in [-0.39, 0.29) is 6.29 Å². The van der Waals surface area contributed by atoms with Crippen LogP contribution in [0.1, 0.15) is 0 Å². The van der Waals surface area contributed by atoms with Gasteiger partial charge in [0.05, 0.1) is 0 Å². The minimum atomic E-state index is -1.24. The van der Waals surface area contributed by atoms with Crippen LogP contribution in [-0.2, 0) is 41.1 Å². The molecule has 0 aromatic heterocycles. The van der Waals surface area contributed by atoms with Crippen LogP contribution >= 0.6 is 11.9 Å². The van der Waals surface area contributed by atoms with Crippen LogP contribution in [0.15, 0.2) is 8.84 Å². The first-order valence-corrected chi connectivity index (χ1v) is 18.5. The minimum absolute atomic E-state index is 0.277. The standard InChI is InChI=1S/C7H11O4.BrH.Hg/c1-8-5-4-6(9-2)11-7(5)10-3;;/h6-7H,1-3H3;1H;/q;;+1/p-1. The van der Waals surface area contributed by atoms with Gasteiger partial charge in [-0.05, 0) is 0 Å². The number of methoxy groups -OCH3 is 3. The summed E-state index contributed by atoms with van der Waals surface area (Å²) >= 11 is 2.33. The van der Waals surface area contributed by atoms with Gasteiger partial charge in [-0.3, -0.25) is 0 Å². The fourth-order valence-electron chi connectivity index (χ4n) is 1.24. The van der Waals surface area contributed by atoms with Crippen molar-refractivity contribution in [1.82, 2.24) is 0 Å². The Morgan fingerprint density at radius 2 is 1.85 bits per heavy atom. The first kappa shape index (κ1) is 11.9. The van der Waals surface area contributed by atoms with Crippen molar-refractivity contribution >= 4 is 11.9 Å². The molecule has 0 saturated heterocycles. The van der Waals surface area contributed by atoms with Crippen LogP contribution in [0, 0.1) is 0 Å². The quantitative estimate of drug-likeness (QED) is 0.617. The van der Waals surface area contributed by atoms with Crippen LogP contribution in [0.4, 0.5) is 0 Å². The van der Waals surface area contributed by atoms with Crippen molar-refractivity contribution in [3.05, 3.63) is 8.84 Å². The van der Waals surface area contributed by atoms with Crippen LogP contribution in [-0.4, -0.2) is 33.9 Å². The summed E-state index contributed by atoms with van der Waals surface area (Å²) in [5, 5.41) is 0. The summed E-state index contributed by atoms with van der Waals surface area (Å²) in [6, 6.07) is 0. The molecular weight excluding hydrogens is 429 g/mol. The van der Waals surface area contributed by atoms with Crippen LogP contribution in [0.25, 0.3) is 0 Å². The average molecular weight is 440 g/mol. The summed E-state index contributed by atoms with van der Waals surface area (Å²) in [5.74, 6) is 0.785. The Bertz CT molecular complexity index is 189. The van der Waals surface area contributed by atoms with E-state index in [1.165, 1.54) is 0 Å². The van der Waals surface area contributed by atoms with Gasteiger partial charge in [-0.25, -0.2) is 0 Å². The third-order valence-electron chi connectivity index (χ3n) is 1.85. The normalized spacial score (nSPS) is 27.7. The predicted molar refractivity (Wildman–Crippen MR) is 45.6 cm³/mol. The number of hydrogen-bond acceptors (Lipinski definition) is 4. The number of halogens is 1. The Labute approximate surface area is 95.2 Å². The zero-order valence-corrected chi connectivity index (χ0v) is 15.0. The second-order valence-electron chi connectivity index (χ2n) is 2.50. The van der Waals surface area contributed by atoms with E-state index in [0.717, 1.165) is 8.84 Å². The van der Waals surface area contributed by atoms with Gasteiger partial charge in [-0.15, -0.1) is 0 Å². The van der Waals surface area contributed by atoms with Crippen molar-refractivity contribution < 1.29 is 41.1 Å². The van der Waals surface area contributed by atoms with E-state index in [1.807, 2.05) is 0 Å². The van der Waals surface area contributed by atoms with Gasteiger partial charge in [0.2, 0.25) is 0 Å². The third-order valence-corrected chi connectivity index (χ3v) is 10.9. The molecule has 4 nitrogen and oxygen atoms in total. The molecule has 1 aliphatic heterocycles. The summed E-state index contributed by atoms with van der Waals surface area (Å²) in [6.07, 6.45) is -0.677. The molecule has 0 fully saturated rings. The van der Waals surface area contributed by atoms with Gasteiger partial charge in [-0.1, -0.05) is 0 Å². The van der Waals surface area contributed by atoms with E-state index < -0.39 is 28.4 Å². The second kappa shape index (κ2) is 5.65. The van der Waals surface area contributed by atoms with Crippen LogP contribution in [0.3, 0.4) is 0 Å². The summed E-state index contributed by atoms with van der Waals surface area (Å²) in [4.78, 5) is 0. The Morgan fingerprint density at radius 1 is 1.23 bits per heavy atom.